The van der Waals surface area contributed by atoms with Gasteiger partial charge in [0.1, 0.15) is 0 Å². The van der Waals surface area contributed by atoms with Gasteiger partial charge in [0.15, 0.2) is 11.6 Å². The molecule has 1 rings (SSSR count). The van der Waals surface area contributed by atoms with Crippen LogP contribution in [-0.2, 0) is 6.42 Å². The van der Waals surface area contributed by atoms with E-state index in [1.54, 1.807) is 6.07 Å². The molecule has 5 heteroatoms. The molecule has 0 spiro atoms. The van der Waals surface area contributed by atoms with Crippen molar-refractivity contribution >= 4 is 0 Å². The van der Waals surface area contributed by atoms with E-state index in [0.29, 0.717) is 6.42 Å². The molecule has 0 heterocycles. The van der Waals surface area contributed by atoms with Crippen LogP contribution in [0, 0.1) is 5.82 Å². The van der Waals surface area contributed by atoms with Gasteiger partial charge in [0.05, 0.1) is 7.11 Å². The van der Waals surface area contributed by atoms with E-state index in [-0.39, 0.29) is 17.6 Å². The van der Waals surface area contributed by atoms with Gasteiger partial charge in [-0.15, -0.1) is 0 Å². The minimum Gasteiger partial charge on any atom is -0.494 e. The average Bonchev–Trinajstić information content (AvgIpc) is 2.27. The second-order valence-electron chi connectivity index (χ2n) is 4.30. The highest BCUT2D eigenvalue weighted by Gasteiger charge is 2.10. The highest BCUT2D eigenvalue weighted by molar-refractivity contribution is 5.29. The van der Waals surface area contributed by atoms with Crippen molar-refractivity contribution < 1.29 is 9.13 Å². The fraction of sp³-hybridized carbons (Fsp3) is 0.500. The lowest BCUT2D eigenvalue weighted by atomic mass is 10.1. The van der Waals surface area contributed by atoms with Gasteiger partial charge in [-0.3, -0.25) is 11.3 Å². The van der Waals surface area contributed by atoms with Crippen molar-refractivity contribution in [1.82, 2.24) is 10.3 Å². The molecule has 0 aliphatic rings. The zero-order valence-corrected chi connectivity index (χ0v) is 10.5. The highest BCUT2D eigenvalue weighted by Crippen LogP contribution is 2.18. The summed E-state index contributed by atoms with van der Waals surface area (Å²) in [5.41, 5.74) is 3.63. The number of nitrogens with two attached hydrogens (primary N) is 1. The van der Waals surface area contributed by atoms with Gasteiger partial charge in [-0.25, -0.2) is 4.39 Å². The number of benzene rings is 1. The normalized spacial score (nSPS) is 12.8. The van der Waals surface area contributed by atoms with Crippen molar-refractivity contribution in [1.29, 1.82) is 0 Å². The van der Waals surface area contributed by atoms with Crippen LogP contribution in [0.2, 0.25) is 0 Å². The molecule has 0 fully saturated rings. The lowest BCUT2D eigenvalue weighted by molar-refractivity contribution is 0.337. The van der Waals surface area contributed by atoms with Crippen molar-refractivity contribution in [3.8, 4) is 5.75 Å². The van der Waals surface area contributed by atoms with E-state index in [1.807, 2.05) is 25.1 Å². The van der Waals surface area contributed by atoms with Crippen molar-refractivity contribution in [2.45, 2.75) is 12.5 Å². The zero-order chi connectivity index (χ0) is 12.8. The third kappa shape index (κ3) is 4.30. The first-order valence-electron chi connectivity index (χ1n) is 5.50. The van der Waals surface area contributed by atoms with Crippen LogP contribution in [0.25, 0.3) is 0 Å². The Bertz CT molecular complexity index is 358. The van der Waals surface area contributed by atoms with E-state index in [0.717, 1.165) is 12.1 Å². The topological polar surface area (TPSA) is 50.5 Å². The molecule has 1 atom stereocenters. The monoisotopic (exact) mass is 241 g/mol. The summed E-state index contributed by atoms with van der Waals surface area (Å²) < 4.78 is 18.4. The summed E-state index contributed by atoms with van der Waals surface area (Å²) in [4.78, 5) is 2.03. The molecular formula is C12H20FN3O. The number of methoxy groups -OCH3 is 1. The fourth-order valence-corrected chi connectivity index (χ4v) is 1.74. The second-order valence-corrected chi connectivity index (χ2v) is 4.30. The molecule has 96 valence electrons. The Balaban J connectivity index is 2.69. The molecule has 4 nitrogen and oxygen atoms in total. The molecular weight excluding hydrogens is 221 g/mol. The van der Waals surface area contributed by atoms with Crippen LogP contribution in [0.3, 0.4) is 0 Å². The number of nitrogens with one attached hydrogen (secondary N) is 1. The summed E-state index contributed by atoms with van der Waals surface area (Å²) in [6.07, 6.45) is 0.676. The summed E-state index contributed by atoms with van der Waals surface area (Å²) in [6, 6.07) is 5.06. The summed E-state index contributed by atoms with van der Waals surface area (Å²) in [5.74, 6) is 5.39. The molecule has 0 saturated heterocycles. The minimum atomic E-state index is -0.342. The van der Waals surface area contributed by atoms with Crippen LogP contribution in [0.1, 0.15) is 5.56 Å². The summed E-state index contributed by atoms with van der Waals surface area (Å²) in [7, 11) is 5.40. The van der Waals surface area contributed by atoms with E-state index in [1.165, 1.54) is 13.2 Å². The SMILES string of the molecule is COc1ccc(CC(CN(C)C)NN)cc1F. The maximum absolute atomic E-state index is 13.5. The van der Waals surface area contributed by atoms with Gasteiger partial charge in [0, 0.05) is 12.6 Å². The summed E-state index contributed by atoms with van der Waals surface area (Å²) in [5, 5.41) is 0. The Morgan fingerprint density at radius 1 is 1.47 bits per heavy atom. The third-order valence-electron chi connectivity index (χ3n) is 2.52. The van der Waals surface area contributed by atoms with Gasteiger partial charge in [-0.2, -0.15) is 0 Å². The van der Waals surface area contributed by atoms with Crippen LogP contribution in [0.4, 0.5) is 4.39 Å². The fourth-order valence-electron chi connectivity index (χ4n) is 1.74. The molecule has 3 N–H and O–H groups in total. The van der Waals surface area contributed by atoms with Crippen LogP contribution in [0.15, 0.2) is 18.2 Å². The maximum Gasteiger partial charge on any atom is 0.165 e. The van der Waals surface area contributed by atoms with Crippen molar-refractivity contribution in [2.75, 3.05) is 27.7 Å². The first-order chi connectivity index (χ1) is 8.06. The molecule has 1 aromatic carbocycles. The molecule has 0 aliphatic carbocycles. The summed E-state index contributed by atoms with van der Waals surface area (Å²) in [6.45, 7) is 0.796. The number of rotatable bonds is 6. The average molecular weight is 241 g/mol. The Morgan fingerprint density at radius 2 is 2.18 bits per heavy atom. The lowest BCUT2D eigenvalue weighted by Crippen LogP contribution is -2.43. The molecule has 0 radical (unpaired) electrons. The molecule has 0 saturated carbocycles. The summed E-state index contributed by atoms with van der Waals surface area (Å²) >= 11 is 0. The van der Waals surface area contributed by atoms with Crippen LogP contribution >= 0.6 is 0 Å². The van der Waals surface area contributed by atoms with Crippen LogP contribution < -0.4 is 16.0 Å². The largest absolute Gasteiger partial charge is 0.494 e. The number of nitrogens with zero attached hydrogens (tertiary/aromatic N) is 1. The Hall–Kier alpha value is -1.17. The Morgan fingerprint density at radius 3 is 2.65 bits per heavy atom. The van der Waals surface area contributed by atoms with Crippen molar-refractivity contribution in [2.24, 2.45) is 5.84 Å². The Kier molecular flexibility index (Phi) is 5.34. The van der Waals surface area contributed by atoms with E-state index in [9.17, 15) is 4.39 Å². The smallest absolute Gasteiger partial charge is 0.165 e. The van der Waals surface area contributed by atoms with Gasteiger partial charge in [-0.05, 0) is 38.2 Å². The Labute approximate surface area is 102 Å². The lowest BCUT2D eigenvalue weighted by Gasteiger charge is -2.20. The van der Waals surface area contributed by atoms with Gasteiger partial charge in [-0.1, -0.05) is 6.07 Å². The van der Waals surface area contributed by atoms with E-state index in [2.05, 4.69) is 5.43 Å². The highest BCUT2D eigenvalue weighted by atomic mass is 19.1. The molecule has 0 amide bonds. The van der Waals surface area contributed by atoms with E-state index >= 15 is 0 Å². The van der Waals surface area contributed by atoms with Gasteiger partial charge >= 0.3 is 0 Å². The number of likely N-dealkylation sites (N-methyl/N-ethyl adjacent to an activating group) is 1. The van der Waals surface area contributed by atoms with Crippen molar-refractivity contribution in [3.63, 3.8) is 0 Å². The second kappa shape index (κ2) is 6.54. The molecule has 1 unspecified atom stereocenters. The van der Waals surface area contributed by atoms with Gasteiger partial charge in [0.2, 0.25) is 0 Å². The van der Waals surface area contributed by atoms with E-state index in [4.69, 9.17) is 10.6 Å². The van der Waals surface area contributed by atoms with Crippen molar-refractivity contribution in [3.05, 3.63) is 29.6 Å². The van der Waals surface area contributed by atoms with E-state index < -0.39 is 0 Å². The number of halogens is 1. The standard InChI is InChI=1S/C12H20FN3O/c1-16(2)8-10(15-14)6-9-4-5-12(17-3)11(13)7-9/h4-5,7,10,15H,6,8,14H2,1-3H3. The predicted octanol–water partition coefficient (Wildman–Crippen LogP) is 0.770. The number of hydrogen-bond donors (Lipinski definition) is 2. The number of hydrogen-bond acceptors (Lipinski definition) is 4. The van der Waals surface area contributed by atoms with Gasteiger partial charge in [0.25, 0.3) is 0 Å². The zero-order valence-electron chi connectivity index (χ0n) is 10.5. The minimum absolute atomic E-state index is 0.0952. The predicted molar refractivity (Wildman–Crippen MR) is 66.3 cm³/mol. The molecule has 0 aliphatic heterocycles. The molecule has 17 heavy (non-hydrogen) atoms. The molecule has 0 aromatic heterocycles. The number of hydrazine groups is 1. The molecule has 1 aromatic rings. The number of ether oxygens (including phenoxy) is 1. The maximum atomic E-state index is 13.5. The van der Waals surface area contributed by atoms with Gasteiger partial charge < -0.3 is 9.64 Å². The quantitative estimate of drug-likeness (QED) is 0.570. The van der Waals surface area contributed by atoms with Crippen LogP contribution in [0.5, 0.6) is 5.75 Å². The first-order valence-corrected chi connectivity index (χ1v) is 5.50. The first kappa shape index (κ1) is 13.9. The van der Waals surface area contributed by atoms with Crippen LogP contribution in [-0.4, -0.2) is 38.7 Å². The third-order valence-corrected chi connectivity index (χ3v) is 2.52. The molecule has 0 bridgehead atoms.